The van der Waals surface area contributed by atoms with E-state index in [9.17, 15) is 4.79 Å². The third kappa shape index (κ3) is 3.29. The van der Waals surface area contributed by atoms with E-state index in [4.69, 9.17) is 4.42 Å². The van der Waals surface area contributed by atoms with Gasteiger partial charge in [0.1, 0.15) is 0 Å². The molecule has 5 heteroatoms. The fourth-order valence-electron chi connectivity index (χ4n) is 3.87. The molecule has 0 saturated carbocycles. The molecule has 0 aliphatic carbocycles. The second kappa shape index (κ2) is 7.17. The highest BCUT2D eigenvalue weighted by molar-refractivity contribution is 5.96. The predicted molar refractivity (Wildman–Crippen MR) is 113 cm³/mol. The van der Waals surface area contributed by atoms with E-state index in [-0.39, 0.29) is 11.8 Å². The number of nitrogens with zero attached hydrogens (tertiary/aromatic N) is 3. The van der Waals surface area contributed by atoms with Crippen molar-refractivity contribution < 1.29 is 9.21 Å². The van der Waals surface area contributed by atoms with Crippen molar-refractivity contribution in [2.45, 2.75) is 25.7 Å². The molecule has 1 saturated heterocycles. The first-order chi connectivity index (χ1) is 14.2. The zero-order chi connectivity index (χ0) is 19.8. The molecule has 0 N–H and O–H groups in total. The van der Waals surface area contributed by atoms with Gasteiger partial charge in [0, 0.05) is 24.2 Å². The zero-order valence-electron chi connectivity index (χ0n) is 16.2. The van der Waals surface area contributed by atoms with Gasteiger partial charge in [-0.3, -0.25) is 4.79 Å². The molecule has 0 bridgehead atoms. The molecule has 1 atom stereocenters. The molecule has 1 aliphatic rings. The molecule has 144 valence electrons. The summed E-state index contributed by atoms with van der Waals surface area (Å²) in [5.41, 5.74) is 3.07. The second-order valence-corrected chi connectivity index (χ2v) is 7.43. The van der Waals surface area contributed by atoms with Crippen LogP contribution >= 0.6 is 0 Å². The van der Waals surface area contributed by atoms with E-state index in [1.54, 1.807) is 0 Å². The highest BCUT2D eigenvalue weighted by Gasteiger charge is 2.35. The summed E-state index contributed by atoms with van der Waals surface area (Å²) in [4.78, 5) is 14.4. The normalized spacial score (nSPS) is 16.7. The zero-order valence-corrected chi connectivity index (χ0v) is 16.2. The van der Waals surface area contributed by atoms with Gasteiger partial charge in [-0.15, -0.1) is 10.2 Å². The number of carbonyl (C=O) groups is 1. The fraction of sp³-hybridized carbons (Fsp3) is 0.208. The van der Waals surface area contributed by atoms with Crippen LogP contribution in [0.2, 0.25) is 0 Å². The maximum absolute atomic E-state index is 12.6. The molecule has 0 radical (unpaired) electrons. The Hall–Kier alpha value is -3.47. The minimum Gasteiger partial charge on any atom is -0.420 e. The first-order valence-electron chi connectivity index (χ1n) is 9.93. The highest BCUT2D eigenvalue weighted by Crippen LogP contribution is 2.33. The summed E-state index contributed by atoms with van der Waals surface area (Å²) >= 11 is 0. The Labute approximate surface area is 169 Å². The van der Waals surface area contributed by atoms with Gasteiger partial charge in [0.2, 0.25) is 17.7 Å². The molecule has 1 unspecified atom stereocenters. The summed E-state index contributed by atoms with van der Waals surface area (Å²) in [5, 5.41) is 10.8. The maximum atomic E-state index is 12.6. The van der Waals surface area contributed by atoms with E-state index in [1.807, 2.05) is 41.3 Å². The van der Waals surface area contributed by atoms with Crippen molar-refractivity contribution in [1.82, 2.24) is 10.2 Å². The lowest BCUT2D eigenvalue weighted by Crippen LogP contribution is -2.24. The van der Waals surface area contributed by atoms with Gasteiger partial charge in [-0.25, -0.2) is 0 Å². The summed E-state index contributed by atoms with van der Waals surface area (Å²) in [5.74, 6) is 1.01. The smallest absolute Gasteiger partial charge is 0.247 e. The number of aryl methyl sites for hydroxylation is 1. The van der Waals surface area contributed by atoms with E-state index in [2.05, 4.69) is 47.5 Å². The molecule has 1 amide bonds. The van der Waals surface area contributed by atoms with Crippen LogP contribution < -0.4 is 4.90 Å². The van der Waals surface area contributed by atoms with Gasteiger partial charge in [-0.1, -0.05) is 49.4 Å². The molecule has 29 heavy (non-hydrogen) atoms. The van der Waals surface area contributed by atoms with Crippen LogP contribution in [-0.2, 0) is 11.2 Å². The van der Waals surface area contributed by atoms with Gasteiger partial charge in [0.15, 0.2) is 0 Å². The van der Waals surface area contributed by atoms with Crippen molar-refractivity contribution in [1.29, 1.82) is 0 Å². The lowest BCUT2D eigenvalue weighted by Gasteiger charge is -2.16. The van der Waals surface area contributed by atoms with Crippen molar-refractivity contribution in [2.75, 3.05) is 11.4 Å². The number of rotatable bonds is 4. The number of hydrogen-bond acceptors (Lipinski definition) is 4. The Morgan fingerprint density at radius 1 is 1.00 bits per heavy atom. The summed E-state index contributed by atoms with van der Waals surface area (Å²) in [7, 11) is 0. The highest BCUT2D eigenvalue weighted by atomic mass is 16.4. The topological polar surface area (TPSA) is 59.2 Å². The molecule has 1 aromatic heterocycles. The van der Waals surface area contributed by atoms with E-state index >= 15 is 0 Å². The second-order valence-electron chi connectivity index (χ2n) is 7.43. The van der Waals surface area contributed by atoms with Gasteiger partial charge in [-0.2, -0.15) is 0 Å². The Balaban J connectivity index is 1.38. The number of anilines is 1. The Morgan fingerprint density at radius 3 is 2.59 bits per heavy atom. The van der Waals surface area contributed by atoms with Crippen molar-refractivity contribution in [3.05, 3.63) is 78.2 Å². The molecular formula is C24H21N3O2. The molecule has 4 aromatic rings. The first kappa shape index (κ1) is 17.6. The Bertz CT molecular complexity index is 1180. The van der Waals surface area contributed by atoms with Crippen molar-refractivity contribution in [3.63, 3.8) is 0 Å². The monoisotopic (exact) mass is 383 g/mol. The average Bonchev–Trinajstić information content (AvgIpc) is 3.40. The lowest BCUT2D eigenvalue weighted by molar-refractivity contribution is -0.117. The van der Waals surface area contributed by atoms with E-state index < -0.39 is 0 Å². The minimum atomic E-state index is -0.0879. The van der Waals surface area contributed by atoms with Crippen LogP contribution in [0.15, 0.2) is 71.1 Å². The van der Waals surface area contributed by atoms with Gasteiger partial charge in [0.25, 0.3) is 0 Å². The average molecular weight is 383 g/mol. The molecule has 1 aliphatic heterocycles. The molecular weight excluding hydrogens is 362 g/mol. The molecule has 3 aromatic carbocycles. The van der Waals surface area contributed by atoms with Crippen molar-refractivity contribution in [2.24, 2.45) is 0 Å². The Kier molecular flexibility index (Phi) is 4.35. The third-order valence-electron chi connectivity index (χ3n) is 5.57. The molecule has 0 spiro atoms. The largest absolute Gasteiger partial charge is 0.420 e. The summed E-state index contributed by atoms with van der Waals surface area (Å²) in [6.45, 7) is 2.68. The quantitative estimate of drug-likeness (QED) is 0.499. The van der Waals surface area contributed by atoms with Crippen LogP contribution in [-0.4, -0.2) is 22.6 Å². The molecule has 5 rings (SSSR count). The van der Waals surface area contributed by atoms with Gasteiger partial charge in [-0.05, 0) is 47.0 Å². The number of aromatic nitrogens is 2. The van der Waals surface area contributed by atoms with E-state index in [0.29, 0.717) is 24.7 Å². The standard InChI is InChI=1S/C24H21N3O2/c1-2-16-7-11-21(12-8-16)27-15-20(14-22(27)28)24-26-25-23(29-24)19-10-9-17-5-3-4-6-18(17)13-19/h3-13,20H,2,14-15H2,1H3. The van der Waals surface area contributed by atoms with E-state index in [1.165, 1.54) is 10.9 Å². The lowest BCUT2D eigenvalue weighted by atomic mass is 10.1. The van der Waals surface area contributed by atoms with Crippen LogP contribution in [0.25, 0.3) is 22.2 Å². The van der Waals surface area contributed by atoms with Gasteiger partial charge < -0.3 is 9.32 Å². The molecule has 5 nitrogen and oxygen atoms in total. The SMILES string of the molecule is CCc1ccc(N2CC(c3nnc(-c4ccc5ccccc5c4)o3)CC2=O)cc1. The van der Waals surface area contributed by atoms with E-state index in [0.717, 1.165) is 23.1 Å². The van der Waals surface area contributed by atoms with Crippen molar-refractivity contribution in [3.8, 4) is 11.5 Å². The molecule has 1 fully saturated rings. The van der Waals surface area contributed by atoms with Crippen molar-refractivity contribution >= 4 is 22.4 Å². The van der Waals surface area contributed by atoms with Gasteiger partial charge >= 0.3 is 0 Å². The minimum absolute atomic E-state index is 0.0877. The van der Waals surface area contributed by atoms with Crippen LogP contribution in [0, 0.1) is 0 Å². The predicted octanol–water partition coefficient (Wildman–Crippen LogP) is 4.97. The number of hydrogen-bond donors (Lipinski definition) is 0. The van der Waals surface area contributed by atoms with Crippen LogP contribution in [0.5, 0.6) is 0 Å². The Morgan fingerprint density at radius 2 is 1.79 bits per heavy atom. The number of fused-ring (bicyclic) bond motifs is 1. The van der Waals surface area contributed by atoms with Crippen LogP contribution in [0.4, 0.5) is 5.69 Å². The summed E-state index contributed by atoms with van der Waals surface area (Å²) in [6, 6.07) is 22.4. The summed E-state index contributed by atoms with van der Waals surface area (Å²) in [6.07, 6.45) is 1.37. The van der Waals surface area contributed by atoms with Crippen LogP contribution in [0.3, 0.4) is 0 Å². The summed E-state index contributed by atoms with van der Waals surface area (Å²) < 4.78 is 5.97. The first-order valence-corrected chi connectivity index (χ1v) is 9.93. The number of carbonyl (C=O) groups excluding carboxylic acids is 1. The van der Waals surface area contributed by atoms with Crippen LogP contribution in [0.1, 0.15) is 30.7 Å². The van der Waals surface area contributed by atoms with Gasteiger partial charge in [0.05, 0.1) is 5.92 Å². The number of benzene rings is 3. The number of amides is 1. The maximum Gasteiger partial charge on any atom is 0.247 e. The molecule has 2 heterocycles. The third-order valence-corrected chi connectivity index (χ3v) is 5.57. The fourth-order valence-corrected chi connectivity index (χ4v) is 3.87.